The number of carbonyl (C=O) groups is 3. The number of ketones is 1. The zero-order valence-corrected chi connectivity index (χ0v) is 23.4. The second kappa shape index (κ2) is 12.6. The van der Waals surface area contributed by atoms with Crippen LogP contribution in [0.15, 0.2) is 65.5 Å². The Balaban J connectivity index is 1.84. The Bertz CT molecular complexity index is 1730. The Morgan fingerprint density at radius 2 is 1.67 bits per heavy atom. The van der Waals surface area contributed by atoms with Gasteiger partial charge in [-0.15, -0.1) is 0 Å². The molecule has 0 saturated heterocycles. The summed E-state index contributed by atoms with van der Waals surface area (Å²) in [6.45, 7) is 3.33. The van der Waals surface area contributed by atoms with E-state index < -0.39 is 34.9 Å². The molecule has 1 atom stereocenters. The molecule has 0 radical (unpaired) electrons. The van der Waals surface area contributed by atoms with Crippen LogP contribution in [0.4, 0.5) is 14.6 Å². The molecule has 216 valence electrons. The quantitative estimate of drug-likeness (QED) is 0.226. The summed E-state index contributed by atoms with van der Waals surface area (Å²) in [5, 5.41) is 7.87. The number of hydrogen-bond acceptors (Lipinski definition) is 6. The number of benzene rings is 3. The molecule has 0 unspecified atom stereocenters. The summed E-state index contributed by atoms with van der Waals surface area (Å²) in [4.78, 5) is 58.3. The molecule has 4 aromatic rings. The number of aromatic nitrogens is 2. The van der Waals surface area contributed by atoms with Gasteiger partial charge in [0.1, 0.15) is 11.6 Å². The molecule has 2 amide bonds. The Morgan fingerprint density at radius 1 is 0.952 bits per heavy atom. The predicted molar refractivity (Wildman–Crippen MR) is 155 cm³/mol. The maximum absolute atomic E-state index is 14.8. The lowest BCUT2D eigenvalue weighted by molar-refractivity contribution is -0.117. The van der Waals surface area contributed by atoms with E-state index in [2.05, 4.69) is 25.9 Å². The first kappa shape index (κ1) is 29.9. The maximum atomic E-state index is 14.8. The lowest BCUT2D eigenvalue weighted by Crippen LogP contribution is -2.37. The summed E-state index contributed by atoms with van der Waals surface area (Å²) in [7, 11) is 3.09. The van der Waals surface area contributed by atoms with E-state index in [4.69, 9.17) is 0 Å². The monoisotopic (exact) mass is 573 g/mol. The molecule has 0 fully saturated rings. The Kier molecular flexibility index (Phi) is 9.02. The molecule has 4 N–H and O–H groups in total. The van der Waals surface area contributed by atoms with Crippen LogP contribution in [0, 0.1) is 18.6 Å². The number of amides is 2. The molecular formula is C31H29F2N5O4. The van der Waals surface area contributed by atoms with Crippen molar-refractivity contribution in [3.8, 4) is 11.3 Å². The second-order valence-corrected chi connectivity index (χ2v) is 9.65. The SMILES string of the molecule is CNC(=O)c1cccc(-c2[nH]c(=O)c(NC(=O)[C@H](C)NC)nc2Cc2cc(F)cc(C(=O)c3ccc(F)cc3)c2)c1C. The van der Waals surface area contributed by atoms with Crippen LogP contribution in [0.25, 0.3) is 11.3 Å². The van der Waals surface area contributed by atoms with E-state index in [0.717, 1.165) is 18.2 Å². The van der Waals surface area contributed by atoms with E-state index in [1.165, 1.54) is 31.3 Å². The van der Waals surface area contributed by atoms with Gasteiger partial charge in [-0.1, -0.05) is 12.1 Å². The number of carbonyl (C=O) groups excluding carboxylic acids is 3. The number of nitrogens with zero attached hydrogens (tertiary/aromatic N) is 1. The summed E-state index contributed by atoms with van der Waals surface area (Å²) in [6, 6.07) is 13.1. The van der Waals surface area contributed by atoms with Gasteiger partial charge in [0, 0.05) is 35.7 Å². The smallest absolute Gasteiger partial charge is 0.291 e. The van der Waals surface area contributed by atoms with Crippen LogP contribution in [0.5, 0.6) is 0 Å². The van der Waals surface area contributed by atoms with Gasteiger partial charge in [0.25, 0.3) is 11.5 Å². The van der Waals surface area contributed by atoms with E-state index in [-0.39, 0.29) is 40.7 Å². The van der Waals surface area contributed by atoms with Crippen LogP contribution in [-0.2, 0) is 11.2 Å². The lowest BCUT2D eigenvalue weighted by Gasteiger charge is -2.16. The summed E-state index contributed by atoms with van der Waals surface area (Å²) in [5.74, 6) is -2.78. The maximum Gasteiger partial charge on any atom is 0.291 e. The number of aromatic amines is 1. The molecule has 0 spiro atoms. The Hall–Kier alpha value is -5.03. The predicted octanol–water partition coefficient (Wildman–Crippen LogP) is 3.75. The zero-order valence-electron chi connectivity index (χ0n) is 23.4. The van der Waals surface area contributed by atoms with Crippen molar-refractivity contribution >= 4 is 23.4 Å². The van der Waals surface area contributed by atoms with Crippen molar-refractivity contribution in [3.05, 3.63) is 116 Å². The Labute approximate surface area is 240 Å². The van der Waals surface area contributed by atoms with Gasteiger partial charge < -0.3 is 20.9 Å². The van der Waals surface area contributed by atoms with Crippen LogP contribution in [0.2, 0.25) is 0 Å². The van der Waals surface area contributed by atoms with E-state index in [1.54, 1.807) is 39.1 Å². The van der Waals surface area contributed by atoms with Crippen molar-refractivity contribution < 1.29 is 23.2 Å². The summed E-state index contributed by atoms with van der Waals surface area (Å²) >= 11 is 0. The van der Waals surface area contributed by atoms with E-state index in [0.29, 0.717) is 22.3 Å². The van der Waals surface area contributed by atoms with Crippen molar-refractivity contribution in [2.45, 2.75) is 26.3 Å². The van der Waals surface area contributed by atoms with Gasteiger partial charge in [-0.05, 0) is 80.6 Å². The van der Waals surface area contributed by atoms with Gasteiger partial charge in [-0.2, -0.15) is 0 Å². The third-order valence-corrected chi connectivity index (χ3v) is 6.83. The summed E-state index contributed by atoms with van der Waals surface area (Å²) < 4.78 is 28.2. The first-order valence-electron chi connectivity index (χ1n) is 13.1. The molecule has 1 aromatic heterocycles. The second-order valence-electron chi connectivity index (χ2n) is 9.65. The van der Waals surface area contributed by atoms with Crippen molar-refractivity contribution in [1.82, 2.24) is 20.6 Å². The molecule has 11 heteroatoms. The summed E-state index contributed by atoms with van der Waals surface area (Å²) in [6.07, 6.45) is -0.0539. The number of hydrogen-bond donors (Lipinski definition) is 4. The average Bonchev–Trinajstić information content (AvgIpc) is 2.97. The molecule has 3 aromatic carbocycles. The highest BCUT2D eigenvalue weighted by atomic mass is 19.1. The summed E-state index contributed by atoms with van der Waals surface area (Å²) in [5.41, 5.74) is 1.84. The minimum atomic E-state index is -0.682. The van der Waals surface area contributed by atoms with E-state index >= 15 is 0 Å². The van der Waals surface area contributed by atoms with Gasteiger partial charge in [0.05, 0.1) is 17.4 Å². The topological polar surface area (TPSA) is 133 Å². The van der Waals surface area contributed by atoms with E-state index in [1.807, 2.05) is 0 Å². The van der Waals surface area contributed by atoms with Gasteiger partial charge >= 0.3 is 0 Å². The van der Waals surface area contributed by atoms with Crippen LogP contribution in [0.1, 0.15) is 50.0 Å². The van der Waals surface area contributed by atoms with Gasteiger partial charge in [-0.25, -0.2) is 13.8 Å². The Morgan fingerprint density at radius 3 is 2.33 bits per heavy atom. The molecule has 0 aliphatic rings. The minimum absolute atomic E-state index is 0.0387. The van der Waals surface area contributed by atoms with Gasteiger partial charge in [-0.3, -0.25) is 19.2 Å². The highest BCUT2D eigenvalue weighted by molar-refractivity contribution is 6.09. The first-order chi connectivity index (χ1) is 20.0. The normalized spacial score (nSPS) is 11.6. The van der Waals surface area contributed by atoms with Crippen LogP contribution < -0.4 is 21.5 Å². The fourth-order valence-electron chi connectivity index (χ4n) is 4.41. The highest BCUT2D eigenvalue weighted by Gasteiger charge is 2.21. The zero-order chi connectivity index (χ0) is 30.6. The fraction of sp³-hybridized carbons (Fsp3) is 0.194. The highest BCUT2D eigenvalue weighted by Crippen LogP contribution is 2.28. The number of H-pyrrole nitrogens is 1. The number of likely N-dealkylation sites (N-methyl/N-ethyl adjacent to an activating group) is 1. The molecule has 9 nitrogen and oxygen atoms in total. The number of anilines is 1. The van der Waals surface area contributed by atoms with Crippen molar-refractivity contribution in [3.63, 3.8) is 0 Å². The fourth-order valence-corrected chi connectivity index (χ4v) is 4.41. The third-order valence-electron chi connectivity index (χ3n) is 6.83. The molecule has 0 bridgehead atoms. The molecule has 4 rings (SSSR count). The molecule has 0 aliphatic heterocycles. The van der Waals surface area contributed by atoms with Crippen molar-refractivity contribution in [1.29, 1.82) is 0 Å². The first-order valence-corrected chi connectivity index (χ1v) is 13.1. The largest absolute Gasteiger partial charge is 0.355 e. The van der Waals surface area contributed by atoms with Crippen LogP contribution >= 0.6 is 0 Å². The van der Waals surface area contributed by atoms with Crippen molar-refractivity contribution in [2.75, 3.05) is 19.4 Å². The number of halogens is 2. The van der Waals surface area contributed by atoms with Crippen LogP contribution in [0.3, 0.4) is 0 Å². The minimum Gasteiger partial charge on any atom is -0.355 e. The average molecular weight is 574 g/mol. The van der Waals surface area contributed by atoms with E-state index in [9.17, 15) is 28.0 Å². The molecule has 0 aliphatic carbocycles. The number of rotatable bonds is 9. The van der Waals surface area contributed by atoms with Crippen LogP contribution in [-0.4, -0.2) is 47.7 Å². The standard InChI is InChI=1S/C31H29F2N5O4/c1-16-23(6-5-7-24(16)30(41)35-4)26-25(36-28(31(42)37-26)38-29(40)17(2)34-3)14-18-12-20(15-22(33)13-18)27(39)19-8-10-21(32)11-9-19/h5-13,15,17,34H,14H2,1-4H3,(H,35,41)(H,37,42)(H,36,38,40)/t17-/m0/s1. The molecule has 0 saturated carbocycles. The lowest BCUT2D eigenvalue weighted by atomic mass is 9.95. The molecule has 42 heavy (non-hydrogen) atoms. The number of nitrogens with one attached hydrogen (secondary N) is 4. The molecule has 1 heterocycles. The molecular weight excluding hydrogens is 544 g/mol. The third kappa shape index (κ3) is 6.47. The van der Waals surface area contributed by atoms with Gasteiger partial charge in [0.15, 0.2) is 11.6 Å². The van der Waals surface area contributed by atoms with Gasteiger partial charge in [0.2, 0.25) is 5.91 Å². The van der Waals surface area contributed by atoms with Crippen molar-refractivity contribution in [2.24, 2.45) is 0 Å².